The van der Waals surface area contributed by atoms with Crippen molar-refractivity contribution in [2.24, 2.45) is 5.14 Å². The minimum Gasteiger partial charge on any atom is -0.497 e. The van der Waals surface area contributed by atoms with Gasteiger partial charge in [-0.05, 0) is 176 Å². The number of benzene rings is 7. The Morgan fingerprint density at radius 2 is 0.671 bits per heavy atom. The first kappa shape index (κ1) is 60.2. The van der Waals surface area contributed by atoms with Crippen molar-refractivity contribution in [3.63, 3.8) is 0 Å². The first-order valence-electron chi connectivity index (χ1n) is 25.7. The van der Waals surface area contributed by atoms with Crippen molar-refractivity contribution >= 4 is 57.4 Å². The molecule has 3 aliphatic heterocycles. The molecule has 20 heteroatoms. The zero-order valence-corrected chi connectivity index (χ0v) is 48.9. The van der Waals surface area contributed by atoms with E-state index in [9.17, 15) is 25.3 Å². The fourth-order valence-electron chi connectivity index (χ4n) is 8.10. The summed E-state index contributed by atoms with van der Waals surface area (Å²) in [4.78, 5) is 5.14. The molecule has 16 nitrogen and oxygen atoms in total. The van der Waals surface area contributed by atoms with Crippen LogP contribution in [0, 0.1) is 0 Å². The van der Waals surface area contributed by atoms with Crippen LogP contribution >= 0.6 is 15.9 Å². The lowest BCUT2D eigenvalue weighted by atomic mass is 10.2. The number of methoxy groups -OCH3 is 4. The molecule has 0 amide bonds. The summed E-state index contributed by atoms with van der Waals surface area (Å²) in [5.41, 5.74) is 5.65. The summed E-state index contributed by atoms with van der Waals surface area (Å²) in [5.74, 6) is 2.93. The van der Waals surface area contributed by atoms with E-state index < -0.39 is 30.1 Å². The van der Waals surface area contributed by atoms with Gasteiger partial charge in [0.2, 0.25) is 30.1 Å². The van der Waals surface area contributed by atoms with Crippen molar-refractivity contribution in [1.29, 1.82) is 0 Å². The summed E-state index contributed by atoms with van der Waals surface area (Å²) in [5, 5.41) is 8.10. The fourth-order valence-corrected chi connectivity index (χ4v) is 11.7. The van der Waals surface area contributed by atoms with E-state index in [1.165, 1.54) is 41.0 Å². The number of nitrogens with one attached hydrogen (secondary N) is 1. The van der Waals surface area contributed by atoms with Gasteiger partial charge in [-0.25, -0.2) is 30.4 Å². The summed E-state index contributed by atoms with van der Waals surface area (Å²) in [6.45, 7) is 7.64. The Hall–Kier alpha value is -6.49. The number of sulfonamides is 3. The molecule has 0 spiro atoms. The molecule has 0 aromatic heterocycles. The van der Waals surface area contributed by atoms with Gasteiger partial charge < -0.3 is 34.1 Å². The molecule has 7 aromatic rings. The highest BCUT2D eigenvalue weighted by atomic mass is 79.9. The van der Waals surface area contributed by atoms with Crippen molar-refractivity contribution in [3.05, 3.63) is 197 Å². The maximum Gasteiger partial charge on any atom is 0.243 e. The van der Waals surface area contributed by atoms with Gasteiger partial charge in [0.25, 0.3) is 0 Å². The predicted octanol–water partition coefficient (Wildman–Crippen LogP) is 9.69. The Bertz CT molecular complexity index is 3230. The van der Waals surface area contributed by atoms with E-state index >= 15 is 0 Å². The van der Waals surface area contributed by atoms with Gasteiger partial charge in [0.15, 0.2) is 0 Å². The second-order valence-corrected chi connectivity index (χ2v) is 25.1. The molecule has 0 unspecified atom stereocenters. The molecule has 3 heterocycles. The Morgan fingerprint density at radius 3 is 0.886 bits per heavy atom. The molecule has 3 aliphatic rings. The lowest BCUT2D eigenvalue weighted by molar-refractivity contribution is 0.397. The third-order valence-electron chi connectivity index (χ3n) is 13.3. The lowest BCUT2D eigenvalue weighted by Gasteiger charge is -2.33. The van der Waals surface area contributed by atoms with E-state index in [4.69, 9.17) is 24.1 Å². The number of anilines is 2. The van der Waals surface area contributed by atoms with Crippen LogP contribution in [0.25, 0.3) is 0 Å². The summed E-state index contributed by atoms with van der Waals surface area (Å²) >= 11 is 3.35. The summed E-state index contributed by atoms with van der Waals surface area (Å²) in [7, 11) is -4.53. The van der Waals surface area contributed by atoms with Crippen molar-refractivity contribution in [1.82, 2.24) is 13.9 Å². The SMILES string of the molecule is C1CNC1.COc1ccc(CN(Cc2ccc(OC)cc2)S(=O)(=O)c2ccc(Br)cc2)cc1.COc1ccc(CN(Cc2ccc(OC)cc2)S(=O)(=O)c2ccc(N3CCC3)cc2)cc1.NS(=O)(=O)c1ccc(N2CCC2)cc1. The minimum absolute atomic E-state index is 0.168. The molecule has 0 radical (unpaired) electrons. The van der Waals surface area contributed by atoms with Gasteiger partial charge in [-0.1, -0.05) is 64.5 Å². The Labute approximate surface area is 475 Å². The Kier molecular flexibility index (Phi) is 21.8. The summed E-state index contributed by atoms with van der Waals surface area (Å²) in [6.07, 6.45) is 3.77. The number of rotatable bonds is 19. The number of halogens is 1. The van der Waals surface area contributed by atoms with Gasteiger partial charge in [0, 0.05) is 68.2 Å². The van der Waals surface area contributed by atoms with Crippen LogP contribution in [0.15, 0.2) is 189 Å². The highest BCUT2D eigenvalue weighted by Gasteiger charge is 2.27. The van der Waals surface area contributed by atoms with Crippen LogP contribution in [0.1, 0.15) is 41.5 Å². The van der Waals surface area contributed by atoms with E-state index in [2.05, 4.69) is 31.0 Å². The quantitative estimate of drug-likeness (QED) is 0.0779. The molecule has 3 N–H and O–H groups in total. The first-order valence-corrected chi connectivity index (χ1v) is 30.9. The van der Waals surface area contributed by atoms with Crippen molar-refractivity contribution in [2.75, 3.05) is 77.5 Å². The Balaban J connectivity index is 0.000000175. The van der Waals surface area contributed by atoms with Crippen LogP contribution in [0.2, 0.25) is 0 Å². The average molecular weight is 1200 g/mol. The summed E-state index contributed by atoms with van der Waals surface area (Å²) < 4.78 is 101. The molecule has 79 heavy (non-hydrogen) atoms. The molecule has 0 bridgehead atoms. The lowest BCUT2D eigenvalue weighted by Crippen LogP contribution is -2.37. The monoisotopic (exact) mass is 1200 g/mol. The zero-order chi connectivity index (χ0) is 56.4. The topological polar surface area (TPSA) is 190 Å². The third-order valence-corrected chi connectivity index (χ3v) is 18.4. The fraction of sp³-hybridized carbons (Fsp3) is 0.288. The van der Waals surface area contributed by atoms with E-state index in [0.717, 1.165) is 87.3 Å². The molecule has 3 saturated heterocycles. The predicted molar refractivity (Wildman–Crippen MR) is 314 cm³/mol. The maximum absolute atomic E-state index is 13.6. The molecule has 420 valence electrons. The second kappa shape index (κ2) is 28.6. The number of primary sulfonamides is 1. The van der Waals surface area contributed by atoms with Crippen LogP contribution in [-0.2, 0) is 56.2 Å². The van der Waals surface area contributed by atoms with Gasteiger partial charge in [0.05, 0.1) is 43.1 Å². The maximum atomic E-state index is 13.6. The smallest absolute Gasteiger partial charge is 0.243 e. The number of nitrogens with two attached hydrogens (primary N) is 1. The number of hydrogen-bond acceptors (Lipinski definition) is 13. The number of hydrogen-bond donors (Lipinski definition) is 2. The van der Waals surface area contributed by atoms with Crippen LogP contribution in [0.3, 0.4) is 0 Å². The van der Waals surface area contributed by atoms with Crippen molar-refractivity contribution in [3.8, 4) is 23.0 Å². The van der Waals surface area contributed by atoms with E-state index in [1.807, 2.05) is 109 Å². The standard InChI is InChI=1S/C25H28N2O4S.C22H22BrNO4S.C9H12N2O2S.C3H7N/c1-30-23-10-4-20(5-11-23)18-27(19-21-6-12-24(31-2)13-7-21)32(28,29)25-14-8-22(9-15-25)26-16-3-17-26;1-27-20-9-3-17(4-10-20)15-24(16-18-5-11-21(28-2)12-6-18)29(25,26)22-13-7-19(23)8-14-22;10-14(12,13)9-4-2-8(3-5-9)11-6-1-7-11;1-2-4-3-1/h4-15H,3,16-19H2,1-2H3;3-14H,15-16H2,1-2H3;2-5H,1,6-7H2,(H2,10,12,13);4H,1-3H2. The van der Waals surface area contributed by atoms with Gasteiger partial charge in [-0.2, -0.15) is 8.61 Å². The highest BCUT2D eigenvalue weighted by molar-refractivity contribution is 9.10. The van der Waals surface area contributed by atoms with Gasteiger partial charge in [0.1, 0.15) is 23.0 Å². The second-order valence-electron chi connectivity index (χ2n) is 18.7. The third kappa shape index (κ3) is 17.3. The largest absolute Gasteiger partial charge is 0.497 e. The molecule has 0 saturated carbocycles. The normalized spacial score (nSPS) is 13.9. The average Bonchev–Trinajstić information content (AvgIpc) is 3.42. The molecule has 0 atom stereocenters. The van der Waals surface area contributed by atoms with Crippen LogP contribution in [-0.4, -0.2) is 102 Å². The Morgan fingerprint density at radius 1 is 0.418 bits per heavy atom. The summed E-state index contributed by atoms with van der Waals surface area (Å²) in [6, 6.07) is 50.3. The van der Waals surface area contributed by atoms with Gasteiger partial charge in [-0.3, -0.25) is 0 Å². The first-order chi connectivity index (χ1) is 38.0. The van der Waals surface area contributed by atoms with Crippen LogP contribution < -0.4 is 39.2 Å². The number of nitrogens with zero attached hydrogens (tertiary/aromatic N) is 4. The molecular formula is C59H69BrN6O10S3. The zero-order valence-electron chi connectivity index (χ0n) is 44.9. The molecule has 0 aliphatic carbocycles. The van der Waals surface area contributed by atoms with E-state index in [0.29, 0.717) is 4.90 Å². The molecule has 10 rings (SSSR count). The minimum atomic E-state index is -3.71. The van der Waals surface area contributed by atoms with Crippen LogP contribution in [0.5, 0.6) is 23.0 Å². The van der Waals surface area contributed by atoms with E-state index in [-0.39, 0.29) is 36.0 Å². The van der Waals surface area contributed by atoms with Crippen LogP contribution in [0.4, 0.5) is 11.4 Å². The molecular weight excluding hydrogens is 1130 g/mol. The van der Waals surface area contributed by atoms with Crippen molar-refractivity contribution < 1.29 is 44.2 Å². The van der Waals surface area contributed by atoms with Gasteiger partial charge in [-0.15, -0.1) is 0 Å². The number of ether oxygens (including phenoxy) is 4. The molecule has 7 aromatic carbocycles. The van der Waals surface area contributed by atoms with Crippen molar-refractivity contribution in [2.45, 2.75) is 60.1 Å². The van der Waals surface area contributed by atoms with Gasteiger partial charge >= 0.3 is 0 Å². The highest BCUT2D eigenvalue weighted by Crippen LogP contribution is 2.29. The van der Waals surface area contributed by atoms with E-state index in [1.54, 1.807) is 89.1 Å². The molecule has 3 fully saturated rings.